The molecule has 3 fully saturated rings. The van der Waals surface area contributed by atoms with Gasteiger partial charge in [0.15, 0.2) is 0 Å². The molecule has 2 aromatic carbocycles. The minimum atomic E-state index is -0.904. The number of carbonyl (C=O) groups is 1. The lowest BCUT2D eigenvalue weighted by Crippen LogP contribution is -2.59. The fourth-order valence-corrected chi connectivity index (χ4v) is 4.55. The van der Waals surface area contributed by atoms with Gasteiger partial charge < -0.3 is 15.1 Å². The van der Waals surface area contributed by atoms with Crippen LogP contribution in [0.15, 0.2) is 54.6 Å². The summed E-state index contributed by atoms with van der Waals surface area (Å²) >= 11 is 0. The average molecular weight is 378 g/mol. The van der Waals surface area contributed by atoms with Crippen LogP contribution in [0.3, 0.4) is 0 Å². The van der Waals surface area contributed by atoms with Gasteiger partial charge in [0.25, 0.3) is 0 Å². The molecule has 3 aliphatic heterocycles. The van der Waals surface area contributed by atoms with Gasteiger partial charge in [-0.2, -0.15) is 0 Å². The van der Waals surface area contributed by atoms with Crippen LogP contribution in [-0.2, 0) is 0 Å². The van der Waals surface area contributed by atoms with Gasteiger partial charge in [-0.25, -0.2) is 4.79 Å². The molecule has 146 valence electrons. The molecule has 1 amide bonds. The van der Waals surface area contributed by atoms with Crippen molar-refractivity contribution in [1.29, 1.82) is 0 Å². The Morgan fingerprint density at radius 3 is 2.50 bits per heavy atom. The van der Waals surface area contributed by atoms with Gasteiger partial charge in [-0.3, -0.25) is 4.90 Å². The number of fused-ring (bicyclic) bond motifs is 3. The van der Waals surface area contributed by atoms with E-state index in [4.69, 9.17) is 5.11 Å². The normalized spacial score (nSPS) is 23.8. The lowest BCUT2D eigenvalue weighted by Gasteiger charge is -2.48. The van der Waals surface area contributed by atoms with E-state index in [2.05, 4.69) is 4.90 Å². The Labute approximate surface area is 165 Å². The van der Waals surface area contributed by atoms with Crippen molar-refractivity contribution in [2.45, 2.75) is 18.9 Å². The van der Waals surface area contributed by atoms with E-state index in [1.807, 2.05) is 54.6 Å². The minimum absolute atomic E-state index is 0.0282. The second-order valence-corrected chi connectivity index (χ2v) is 7.59. The number of hydrogen-bond acceptors (Lipinski definition) is 3. The maximum Gasteiger partial charge on any atom is 0.412 e. The van der Waals surface area contributed by atoms with E-state index in [0.717, 1.165) is 54.9 Å². The van der Waals surface area contributed by atoms with Gasteiger partial charge in [0.1, 0.15) is 0 Å². The first-order chi connectivity index (χ1) is 13.7. The molecule has 5 rings (SSSR count). The second kappa shape index (κ2) is 8.17. The quantitative estimate of drug-likeness (QED) is 0.827. The van der Waals surface area contributed by atoms with Crippen LogP contribution in [0.1, 0.15) is 18.4 Å². The zero-order valence-electron chi connectivity index (χ0n) is 15.9. The number of aliphatic hydroxyl groups is 1. The van der Waals surface area contributed by atoms with Gasteiger partial charge in [0.05, 0.1) is 18.3 Å². The van der Waals surface area contributed by atoms with E-state index in [9.17, 15) is 9.90 Å². The second-order valence-electron chi connectivity index (χ2n) is 7.59. The van der Waals surface area contributed by atoms with E-state index >= 15 is 0 Å². The van der Waals surface area contributed by atoms with Crippen LogP contribution in [-0.4, -0.2) is 53.5 Å². The molecule has 0 aliphatic carbocycles. The van der Waals surface area contributed by atoms with Gasteiger partial charge in [-0.05, 0) is 49.0 Å². The number of nitrogens with zero attached hydrogens (tertiary/aromatic N) is 2. The molecule has 2 aromatic rings. The molecular weight excluding hydrogens is 352 g/mol. The molecule has 0 radical (unpaired) electrons. The fraction of sp³-hybridized carbons (Fsp3) is 0.348. The van der Waals surface area contributed by atoms with Crippen molar-refractivity contribution >= 4 is 17.9 Å². The zero-order chi connectivity index (χ0) is 19.5. The molecule has 5 nitrogen and oxygen atoms in total. The van der Waals surface area contributed by atoms with Gasteiger partial charge in [-0.15, -0.1) is 0 Å². The molecular formula is C23H26N2O3. The number of rotatable bonds is 5. The monoisotopic (exact) mass is 378 g/mol. The third-order valence-electron chi connectivity index (χ3n) is 5.94. The van der Waals surface area contributed by atoms with Gasteiger partial charge in [0.2, 0.25) is 0 Å². The third kappa shape index (κ3) is 3.68. The summed E-state index contributed by atoms with van der Waals surface area (Å²) in [5.74, 6) is 0.404. The summed E-state index contributed by atoms with van der Waals surface area (Å²) in [4.78, 5) is 16.4. The van der Waals surface area contributed by atoms with Crippen molar-refractivity contribution in [1.82, 2.24) is 4.90 Å². The molecule has 2 N–H and O–H groups in total. The maximum absolute atomic E-state index is 12.4. The molecule has 3 aliphatic rings. The van der Waals surface area contributed by atoms with Crippen LogP contribution >= 0.6 is 0 Å². The van der Waals surface area contributed by atoms with Crippen molar-refractivity contribution in [2.75, 3.05) is 31.1 Å². The van der Waals surface area contributed by atoms with Gasteiger partial charge in [0, 0.05) is 12.1 Å². The summed E-state index contributed by atoms with van der Waals surface area (Å²) < 4.78 is 0. The van der Waals surface area contributed by atoms with E-state index in [0.29, 0.717) is 5.92 Å². The van der Waals surface area contributed by atoms with Crippen LogP contribution < -0.4 is 4.90 Å². The number of piperidine rings is 3. The largest absolute Gasteiger partial charge is 0.465 e. The highest BCUT2D eigenvalue weighted by molar-refractivity contribution is 5.94. The van der Waals surface area contributed by atoms with E-state index in [-0.39, 0.29) is 12.6 Å². The van der Waals surface area contributed by atoms with Crippen LogP contribution in [0.4, 0.5) is 10.5 Å². The van der Waals surface area contributed by atoms with Crippen LogP contribution in [0.2, 0.25) is 0 Å². The third-order valence-corrected chi connectivity index (χ3v) is 5.94. The summed E-state index contributed by atoms with van der Waals surface area (Å²) in [6, 6.07) is 15.8. The summed E-state index contributed by atoms with van der Waals surface area (Å²) in [6.45, 7) is 2.89. The summed E-state index contributed by atoms with van der Waals surface area (Å²) in [7, 11) is 0. The lowest BCUT2D eigenvalue weighted by atomic mass is 9.82. The van der Waals surface area contributed by atoms with Crippen LogP contribution in [0.5, 0.6) is 0 Å². The van der Waals surface area contributed by atoms with E-state index in [1.54, 1.807) is 11.0 Å². The highest BCUT2D eigenvalue weighted by atomic mass is 16.4. The minimum Gasteiger partial charge on any atom is -0.465 e. The predicted octanol–water partition coefficient (Wildman–Crippen LogP) is 3.94. The standard InChI is InChI=1S/C23H26N2O3/c26-14-4-5-17-8-9-20(18-6-2-1-3-7-18)21(15-17)25(23(27)28)22-16-24-12-10-19(22)11-13-24/h1-9,15,19,22,26H,10-14,16H2,(H,27,28). The first kappa shape index (κ1) is 18.7. The maximum atomic E-state index is 12.4. The molecule has 0 spiro atoms. The Morgan fingerprint density at radius 2 is 1.89 bits per heavy atom. The zero-order valence-corrected chi connectivity index (χ0v) is 15.9. The summed E-state index contributed by atoms with van der Waals surface area (Å²) in [6.07, 6.45) is 4.70. The Hall–Kier alpha value is -2.63. The van der Waals surface area contributed by atoms with Gasteiger partial charge >= 0.3 is 6.09 Å². The fourth-order valence-electron chi connectivity index (χ4n) is 4.55. The van der Waals surface area contributed by atoms with Crippen molar-refractivity contribution in [3.8, 4) is 11.1 Å². The molecule has 28 heavy (non-hydrogen) atoms. The molecule has 1 unspecified atom stereocenters. The highest BCUT2D eigenvalue weighted by Crippen LogP contribution is 2.38. The smallest absolute Gasteiger partial charge is 0.412 e. The number of carboxylic acid groups (broad SMARTS) is 1. The first-order valence-corrected chi connectivity index (χ1v) is 9.89. The number of aliphatic hydroxyl groups excluding tert-OH is 1. The van der Waals surface area contributed by atoms with Crippen molar-refractivity contribution in [2.24, 2.45) is 5.92 Å². The molecule has 3 heterocycles. The Kier molecular flexibility index (Phi) is 5.46. The Balaban J connectivity index is 1.81. The van der Waals surface area contributed by atoms with Crippen molar-refractivity contribution in [3.63, 3.8) is 0 Å². The number of anilines is 1. The Morgan fingerprint density at radius 1 is 1.14 bits per heavy atom. The van der Waals surface area contributed by atoms with Crippen LogP contribution in [0, 0.1) is 5.92 Å². The first-order valence-electron chi connectivity index (χ1n) is 9.89. The topological polar surface area (TPSA) is 64.0 Å². The lowest BCUT2D eigenvalue weighted by molar-refractivity contribution is 0.0838. The van der Waals surface area contributed by atoms with E-state index in [1.165, 1.54) is 0 Å². The summed E-state index contributed by atoms with van der Waals surface area (Å²) in [5, 5.41) is 19.3. The van der Waals surface area contributed by atoms with Crippen molar-refractivity contribution < 1.29 is 15.0 Å². The Bertz CT molecular complexity index is 857. The van der Waals surface area contributed by atoms with Gasteiger partial charge in [-0.1, -0.05) is 54.6 Å². The number of hydrogen-bond donors (Lipinski definition) is 2. The molecule has 1 atom stereocenters. The summed E-state index contributed by atoms with van der Waals surface area (Å²) in [5.41, 5.74) is 3.53. The van der Waals surface area contributed by atoms with Crippen molar-refractivity contribution in [3.05, 3.63) is 60.2 Å². The van der Waals surface area contributed by atoms with E-state index < -0.39 is 6.09 Å². The van der Waals surface area contributed by atoms with Crippen LogP contribution in [0.25, 0.3) is 17.2 Å². The predicted molar refractivity (Wildman–Crippen MR) is 111 cm³/mol. The molecule has 5 heteroatoms. The molecule has 3 saturated heterocycles. The average Bonchev–Trinajstić information content (AvgIpc) is 2.74. The number of benzene rings is 2. The molecule has 0 saturated carbocycles. The highest BCUT2D eigenvalue weighted by Gasteiger charge is 2.40. The molecule has 0 aromatic heterocycles. The number of amides is 1. The molecule has 2 bridgehead atoms. The SMILES string of the molecule is O=C(O)N(c1cc(C=CCO)ccc1-c1ccccc1)C1CN2CCC1CC2.